The Kier molecular flexibility index (Phi) is 3.62. The summed E-state index contributed by atoms with van der Waals surface area (Å²) in [5, 5.41) is 6.40. The molecule has 2 atom stereocenters. The largest absolute Gasteiger partial charge is 0.356 e. The predicted octanol–water partition coefficient (Wildman–Crippen LogP) is 1.29. The highest BCUT2D eigenvalue weighted by atomic mass is 16.1. The minimum Gasteiger partial charge on any atom is -0.356 e. The molecule has 86 valence electrons. The number of carbonyl (C=O) groups excluding carboxylic acids is 1. The first-order valence-electron chi connectivity index (χ1n) is 6.26. The maximum Gasteiger partial charge on any atom is 0.221 e. The Morgan fingerprint density at radius 1 is 1.47 bits per heavy atom. The van der Waals surface area contributed by atoms with Gasteiger partial charge in [-0.3, -0.25) is 4.79 Å². The van der Waals surface area contributed by atoms with Gasteiger partial charge in [0.25, 0.3) is 0 Å². The summed E-state index contributed by atoms with van der Waals surface area (Å²) in [6, 6.07) is 0.432. The van der Waals surface area contributed by atoms with E-state index in [2.05, 4.69) is 17.6 Å². The van der Waals surface area contributed by atoms with Gasteiger partial charge < -0.3 is 10.6 Å². The predicted molar refractivity (Wildman–Crippen MR) is 60.5 cm³/mol. The Morgan fingerprint density at radius 3 is 2.87 bits per heavy atom. The summed E-state index contributed by atoms with van der Waals surface area (Å²) in [7, 11) is 0. The topological polar surface area (TPSA) is 41.1 Å². The van der Waals surface area contributed by atoms with Crippen molar-refractivity contribution in [2.45, 2.75) is 45.1 Å². The molecule has 2 unspecified atom stereocenters. The quantitative estimate of drug-likeness (QED) is 0.718. The molecule has 3 heteroatoms. The molecule has 1 saturated carbocycles. The SMILES string of the molecule is CC(CNC(=O)CC1CCCN1)C1CC1. The average molecular weight is 210 g/mol. The van der Waals surface area contributed by atoms with Gasteiger partial charge in [0.1, 0.15) is 0 Å². The molecular formula is C12H22N2O. The molecule has 0 spiro atoms. The summed E-state index contributed by atoms with van der Waals surface area (Å²) in [5.41, 5.74) is 0. The standard InChI is InChI=1S/C12H22N2O/c1-9(10-4-5-10)8-14-12(15)7-11-3-2-6-13-11/h9-11,13H,2-8H2,1H3,(H,14,15). The highest BCUT2D eigenvalue weighted by molar-refractivity contribution is 5.76. The van der Waals surface area contributed by atoms with Crippen molar-refractivity contribution in [2.75, 3.05) is 13.1 Å². The number of hydrogen-bond acceptors (Lipinski definition) is 2. The van der Waals surface area contributed by atoms with E-state index in [0.717, 1.165) is 25.4 Å². The summed E-state index contributed by atoms with van der Waals surface area (Å²) in [5.74, 6) is 1.78. The molecule has 2 fully saturated rings. The molecule has 0 aromatic rings. The van der Waals surface area contributed by atoms with Crippen molar-refractivity contribution in [3.05, 3.63) is 0 Å². The van der Waals surface area contributed by atoms with Crippen LogP contribution < -0.4 is 10.6 Å². The summed E-state index contributed by atoms with van der Waals surface area (Å²) in [4.78, 5) is 11.6. The molecule has 0 radical (unpaired) electrons. The molecule has 15 heavy (non-hydrogen) atoms. The van der Waals surface area contributed by atoms with Crippen LogP contribution in [0.1, 0.15) is 39.0 Å². The van der Waals surface area contributed by atoms with Crippen molar-refractivity contribution >= 4 is 5.91 Å². The monoisotopic (exact) mass is 210 g/mol. The van der Waals surface area contributed by atoms with Gasteiger partial charge in [-0.25, -0.2) is 0 Å². The maximum atomic E-state index is 11.6. The summed E-state index contributed by atoms with van der Waals surface area (Å²) in [6.07, 6.45) is 5.77. The van der Waals surface area contributed by atoms with Crippen LogP contribution in [0, 0.1) is 11.8 Å². The first-order valence-corrected chi connectivity index (χ1v) is 6.26. The Labute approximate surface area is 92.0 Å². The Morgan fingerprint density at radius 2 is 2.27 bits per heavy atom. The van der Waals surface area contributed by atoms with Gasteiger partial charge in [0.05, 0.1) is 0 Å². The van der Waals surface area contributed by atoms with Gasteiger partial charge in [-0.1, -0.05) is 6.92 Å². The van der Waals surface area contributed by atoms with Gasteiger partial charge in [0.2, 0.25) is 5.91 Å². The number of rotatable bonds is 5. The lowest BCUT2D eigenvalue weighted by Gasteiger charge is -2.13. The van der Waals surface area contributed by atoms with E-state index in [0.29, 0.717) is 18.4 Å². The summed E-state index contributed by atoms with van der Waals surface area (Å²) in [6.45, 7) is 4.19. The molecule has 2 rings (SSSR count). The van der Waals surface area contributed by atoms with Gasteiger partial charge >= 0.3 is 0 Å². The molecule has 1 amide bonds. The van der Waals surface area contributed by atoms with E-state index in [1.165, 1.54) is 19.3 Å². The first-order chi connectivity index (χ1) is 7.25. The highest BCUT2D eigenvalue weighted by Gasteiger charge is 2.28. The lowest BCUT2D eigenvalue weighted by molar-refractivity contribution is -0.121. The zero-order valence-corrected chi connectivity index (χ0v) is 9.59. The van der Waals surface area contributed by atoms with Crippen molar-refractivity contribution in [1.82, 2.24) is 10.6 Å². The van der Waals surface area contributed by atoms with Crippen molar-refractivity contribution < 1.29 is 4.79 Å². The Hall–Kier alpha value is -0.570. The van der Waals surface area contributed by atoms with Crippen LogP contribution in [0.25, 0.3) is 0 Å². The van der Waals surface area contributed by atoms with Crippen molar-refractivity contribution in [3.8, 4) is 0 Å². The zero-order valence-electron chi connectivity index (χ0n) is 9.59. The fourth-order valence-electron chi connectivity index (χ4n) is 2.33. The Balaban J connectivity index is 1.59. The van der Waals surface area contributed by atoms with E-state index in [9.17, 15) is 4.79 Å². The molecule has 0 bridgehead atoms. The third-order valence-corrected chi connectivity index (χ3v) is 3.64. The first kappa shape index (κ1) is 10.9. The normalized spacial score (nSPS) is 27.7. The van der Waals surface area contributed by atoms with Gasteiger partial charge in [0, 0.05) is 19.0 Å². The van der Waals surface area contributed by atoms with Crippen molar-refractivity contribution in [3.63, 3.8) is 0 Å². The molecule has 1 heterocycles. The number of carbonyl (C=O) groups is 1. The molecule has 1 aliphatic carbocycles. The smallest absolute Gasteiger partial charge is 0.221 e. The summed E-state index contributed by atoms with van der Waals surface area (Å²) >= 11 is 0. The number of amides is 1. The van der Waals surface area contributed by atoms with Gasteiger partial charge in [-0.2, -0.15) is 0 Å². The maximum absolute atomic E-state index is 11.6. The molecule has 3 nitrogen and oxygen atoms in total. The molecule has 0 aromatic heterocycles. The lowest BCUT2D eigenvalue weighted by atomic mass is 10.1. The van der Waals surface area contributed by atoms with Crippen LogP contribution >= 0.6 is 0 Å². The average Bonchev–Trinajstić information content (AvgIpc) is 2.95. The second-order valence-electron chi connectivity index (χ2n) is 5.12. The van der Waals surface area contributed by atoms with Crippen LogP contribution in [0.2, 0.25) is 0 Å². The molecule has 2 aliphatic rings. The Bertz CT molecular complexity index is 220. The van der Waals surface area contributed by atoms with E-state index in [-0.39, 0.29) is 5.91 Å². The van der Waals surface area contributed by atoms with E-state index in [1.54, 1.807) is 0 Å². The van der Waals surface area contributed by atoms with E-state index in [4.69, 9.17) is 0 Å². The second kappa shape index (κ2) is 4.97. The van der Waals surface area contributed by atoms with Crippen LogP contribution in [-0.2, 0) is 4.79 Å². The fourth-order valence-corrected chi connectivity index (χ4v) is 2.33. The zero-order chi connectivity index (χ0) is 10.7. The van der Waals surface area contributed by atoms with Crippen molar-refractivity contribution in [1.29, 1.82) is 0 Å². The molecule has 1 saturated heterocycles. The molecule has 1 aliphatic heterocycles. The fraction of sp³-hybridized carbons (Fsp3) is 0.917. The van der Waals surface area contributed by atoms with Crippen LogP contribution in [0.4, 0.5) is 0 Å². The van der Waals surface area contributed by atoms with E-state index < -0.39 is 0 Å². The van der Waals surface area contributed by atoms with Crippen molar-refractivity contribution in [2.24, 2.45) is 11.8 Å². The van der Waals surface area contributed by atoms with Gasteiger partial charge in [-0.05, 0) is 44.1 Å². The number of nitrogens with one attached hydrogen (secondary N) is 2. The lowest BCUT2D eigenvalue weighted by Crippen LogP contribution is -2.34. The molecular weight excluding hydrogens is 188 g/mol. The second-order valence-corrected chi connectivity index (χ2v) is 5.12. The highest BCUT2D eigenvalue weighted by Crippen LogP contribution is 2.36. The minimum absolute atomic E-state index is 0.224. The van der Waals surface area contributed by atoms with Crippen LogP contribution in [-0.4, -0.2) is 25.0 Å². The van der Waals surface area contributed by atoms with Gasteiger partial charge in [0.15, 0.2) is 0 Å². The van der Waals surface area contributed by atoms with E-state index in [1.807, 2.05) is 0 Å². The minimum atomic E-state index is 0.224. The number of hydrogen-bond donors (Lipinski definition) is 2. The molecule has 0 aromatic carbocycles. The third kappa shape index (κ3) is 3.49. The van der Waals surface area contributed by atoms with E-state index >= 15 is 0 Å². The van der Waals surface area contributed by atoms with Crippen LogP contribution in [0.5, 0.6) is 0 Å². The van der Waals surface area contributed by atoms with Crippen LogP contribution in [0.15, 0.2) is 0 Å². The van der Waals surface area contributed by atoms with Crippen LogP contribution in [0.3, 0.4) is 0 Å². The molecule has 2 N–H and O–H groups in total. The summed E-state index contributed by atoms with van der Waals surface area (Å²) < 4.78 is 0. The third-order valence-electron chi connectivity index (χ3n) is 3.64. The van der Waals surface area contributed by atoms with Gasteiger partial charge in [-0.15, -0.1) is 0 Å².